The van der Waals surface area contributed by atoms with Crippen molar-refractivity contribution < 1.29 is 23.1 Å². The number of rotatable bonds is 4. The van der Waals surface area contributed by atoms with Gasteiger partial charge >= 0.3 is 5.97 Å². The van der Waals surface area contributed by atoms with Crippen molar-refractivity contribution in [3.8, 4) is 0 Å². The van der Waals surface area contributed by atoms with Gasteiger partial charge < -0.3 is 9.84 Å². The number of aryl methyl sites for hydroxylation is 1. The summed E-state index contributed by atoms with van der Waals surface area (Å²) in [6.07, 6.45) is -0.396. The number of carboxylic acid groups (broad SMARTS) is 1. The number of aromatic carboxylic acids is 1. The maximum Gasteiger partial charge on any atom is 0.357 e. The number of carboxylic acids is 1. The van der Waals surface area contributed by atoms with Crippen LogP contribution in [0.4, 0.5) is 0 Å². The Kier molecular flexibility index (Phi) is 4.92. The predicted octanol–water partition coefficient (Wildman–Crippen LogP) is 2.30. The van der Waals surface area contributed by atoms with Gasteiger partial charge in [-0.15, -0.1) is 0 Å². The molecule has 1 aromatic heterocycles. The minimum Gasteiger partial charge on any atom is -0.476 e. The van der Waals surface area contributed by atoms with Crippen LogP contribution in [0, 0.1) is 6.92 Å². The van der Waals surface area contributed by atoms with Crippen molar-refractivity contribution in [3.63, 3.8) is 0 Å². The van der Waals surface area contributed by atoms with Crippen molar-refractivity contribution >= 4 is 27.5 Å². The highest BCUT2D eigenvalue weighted by Crippen LogP contribution is 2.32. The van der Waals surface area contributed by atoms with Crippen LogP contribution in [0.3, 0.4) is 0 Å². The molecule has 1 fully saturated rings. The topological polar surface area (TPSA) is 96.8 Å². The van der Waals surface area contributed by atoms with E-state index in [0.29, 0.717) is 0 Å². The van der Waals surface area contributed by atoms with Gasteiger partial charge in [-0.1, -0.05) is 24.3 Å². The largest absolute Gasteiger partial charge is 0.476 e. The average molecular weight is 382 g/mol. The highest BCUT2D eigenvalue weighted by Gasteiger charge is 2.39. The summed E-state index contributed by atoms with van der Waals surface area (Å²) in [6, 6.07) is 7.26. The van der Waals surface area contributed by atoms with Crippen LogP contribution in [0.5, 0.6) is 0 Å². The van der Waals surface area contributed by atoms with Gasteiger partial charge in [-0.05, 0) is 36.5 Å². The van der Waals surface area contributed by atoms with E-state index in [0.717, 1.165) is 22.7 Å². The standard InChI is InChI=1S/C16H18N2O5S2/c1-10-5-3-4-6-12(10)13-7-18(11(2)8-23-13)25(21,22)14-9-24-17-15(14)16(19)20/h3-6,9,11,13H,7-8H2,1-2H3,(H,19,20). The molecule has 1 aromatic carbocycles. The van der Waals surface area contributed by atoms with Gasteiger partial charge in [-0.3, -0.25) is 0 Å². The molecule has 2 atom stereocenters. The van der Waals surface area contributed by atoms with E-state index in [1.807, 2.05) is 31.2 Å². The molecule has 2 heterocycles. The Morgan fingerprint density at radius 1 is 1.40 bits per heavy atom. The number of hydrogen-bond acceptors (Lipinski definition) is 6. The summed E-state index contributed by atoms with van der Waals surface area (Å²) in [7, 11) is -3.98. The van der Waals surface area contributed by atoms with Gasteiger partial charge in [0.2, 0.25) is 10.0 Å². The molecule has 0 radical (unpaired) electrons. The first-order chi connectivity index (χ1) is 11.8. The first-order valence-electron chi connectivity index (χ1n) is 7.69. The van der Waals surface area contributed by atoms with Crippen molar-refractivity contribution in [2.24, 2.45) is 0 Å². The maximum absolute atomic E-state index is 13.0. The Labute approximate surface area is 150 Å². The Morgan fingerprint density at radius 2 is 2.12 bits per heavy atom. The van der Waals surface area contributed by atoms with Crippen LogP contribution in [-0.2, 0) is 14.8 Å². The molecule has 1 saturated heterocycles. The van der Waals surface area contributed by atoms with Crippen LogP contribution in [0.2, 0.25) is 0 Å². The Balaban J connectivity index is 1.96. The Morgan fingerprint density at radius 3 is 2.80 bits per heavy atom. The van der Waals surface area contributed by atoms with E-state index in [1.165, 1.54) is 9.69 Å². The lowest BCUT2D eigenvalue weighted by atomic mass is 10.0. The molecule has 1 aliphatic rings. The quantitative estimate of drug-likeness (QED) is 0.871. The molecule has 0 amide bonds. The number of nitrogens with zero attached hydrogens (tertiary/aromatic N) is 2. The molecular weight excluding hydrogens is 364 g/mol. The van der Waals surface area contributed by atoms with E-state index in [4.69, 9.17) is 4.74 Å². The van der Waals surface area contributed by atoms with Crippen molar-refractivity contribution in [2.45, 2.75) is 30.9 Å². The molecule has 0 saturated carbocycles. The van der Waals surface area contributed by atoms with Gasteiger partial charge in [0.05, 0.1) is 12.7 Å². The van der Waals surface area contributed by atoms with E-state index in [2.05, 4.69) is 4.37 Å². The molecule has 25 heavy (non-hydrogen) atoms. The molecule has 0 bridgehead atoms. The fourth-order valence-corrected chi connectivity index (χ4v) is 5.60. The minimum absolute atomic E-state index is 0.128. The van der Waals surface area contributed by atoms with Crippen molar-refractivity contribution in [2.75, 3.05) is 13.2 Å². The SMILES string of the molecule is Cc1ccccc1C1CN(S(=O)(=O)c2csnc2C(=O)O)C(C)CO1. The second kappa shape index (κ2) is 6.83. The van der Waals surface area contributed by atoms with Gasteiger partial charge in [0, 0.05) is 18.0 Å². The van der Waals surface area contributed by atoms with Crippen LogP contribution < -0.4 is 0 Å². The predicted molar refractivity (Wildman–Crippen MR) is 92.3 cm³/mol. The molecule has 2 aromatic rings. The average Bonchev–Trinajstić information content (AvgIpc) is 3.06. The molecule has 0 spiro atoms. The van der Waals surface area contributed by atoms with Crippen LogP contribution >= 0.6 is 11.5 Å². The van der Waals surface area contributed by atoms with Gasteiger partial charge in [0.1, 0.15) is 4.90 Å². The number of benzene rings is 1. The highest BCUT2D eigenvalue weighted by molar-refractivity contribution is 7.89. The van der Waals surface area contributed by atoms with Crippen molar-refractivity contribution in [1.82, 2.24) is 8.68 Å². The van der Waals surface area contributed by atoms with Crippen molar-refractivity contribution in [1.29, 1.82) is 0 Å². The summed E-state index contributed by atoms with van der Waals surface area (Å²) in [4.78, 5) is 11.0. The van der Waals surface area contributed by atoms with Crippen LogP contribution in [-0.4, -0.2) is 47.4 Å². The molecule has 3 rings (SSSR count). The summed E-state index contributed by atoms with van der Waals surface area (Å²) in [6.45, 7) is 4.05. The second-order valence-electron chi connectivity index (χ2n) is 5.93. The molecular formula is C16H18N2O5S2. The van der Waals surface area contributed by atoms with E-state index >= 15 is 0 Å². The first kappa shape index (κ1) is 18.0. The lowest BCUT2D eigenvalue weighted by Crippen LogP contribution is -2.48. The van der Waals surface area contributed by atoms with Crippen LogP contribution in [0.15, 0.2) is 34.5 Å². The second-order valence-corrected chi connectivity index (χ2v) is 8.42. The molecule has 1 aliphatic heterocycles. The maximum atomic E-state index is 13.0. The fraction of sp³-hybridized carbons (Fsp3) is 0.375. The van der Waals surface area contributed by atoms with E-state index in [1.54, 1.807) is 6.92 Å². The van der Waals surface area contributed by atoms with E-state index < -0.39 is 33.8 Å². The zero-order valence-corrected chi connectivity index (χ0v) is 15.4. The number of hydrogen-bond donors (Lipinski definition) is 1. The summed E-state index contributed by atoms with van der Waals surface area (Å²) < 4.78 is 36.9. The van der Waals surface area contributed by atoms with E-state index in [-0.39, 0.29) is 18.0 Å². The highest BCUT2D eigenvalue weighted by atomic mass is 32.2. The smallest absolute Gasteiger partial charge is 0.357 e. The van der Waals surface area contributed by atoms with Crippen LogP contribution in [0.25, 0.3) is 0 Å². The number of carbonyl (C=O) groups is 1. The third-order valence-corrected chi connectivity index (χ3v) is 7.01. The molecule has 7 nitrogen and oxygen atoms in total. The Bertz CT molecular complexity index is 893. The zero-order chi connectivity index (χ0) is 18.2. The van der Waals surface area contributed by atoms with Gasteiger partial charge in [-0.25, -0.2) is 13.2 Å². The Hall–Kier alpha value is -1.81. The van der Waals surface area contributed by atoms with Gasteiger partial charge in [-0.2, -0.15) is 8.68 Å². The number of ether oxygens (including phenoxy) is 1. The summed E-state index contributed by atoms with van der Waals surface area (Å²) in [5.41, 5.74) is 1.51. The van der Waals surface area contributed by atoms with Gasteiger partial charge in [0.15, 0.2) is 5.69 Å². The number of morpholine rings is 1. The number of aromatic nitrogens is 1. The monoisotopic (exact) mass is 382 g/mol. The summed E-state index contributed by atoms with van der Waals surface area (Å²) in [5, 5.41) is 10.5. The molecule has 0 aliphatic carbocycles. The number of sulfonamides is 1. The molecule has 9 heteroatoms. The third kappa shape index (κ3) is 3.32. The van der Waals surface area contributed by atoms with Gasteiger partial charge in [0.25, 0.3) is 0 Å². The van der Waals surface area contributed by atoms with Crippen LogP contribution in [0.1, 0.15) is 34.6 Å². The summed E-state index contributed by atoms with van der Waals surface area (Å²) in [5.74, 6) is -1.35. The van der Waals surface area contributed by atoms with E-state index in [9.17, 15) is 18.3 Å². The normalized spacial score (nSPS) is 22.0. The van der Waals surface area contributed by atoms with Crippen molar-refractivity contribution in [3.05, 3.63) is 46.5 Å². The summed E-state index contributed by atoms with van der Waals surface area (Å²) >= 11 is 0.818. The molecule has 1 N–H and O–H groups in total. The lowest BCUT2D eigenvalue weighted by Gasteiger charge is -2.37. The first-order valence-corrected chi connectivity index (χ1v) is 9.96. The molecule has 2 unspecified atom stereocenters. The molecule has 134 valence electrons. The fourth-order valence-electron chi connectivity index (χ4n) is 2.89. The minimum atomic E-state index is -3.98. The third-order valence-electron chi connectivity index (χ3n) is 4.24. The zero-order valence-electron chi connectivity index (χ0n) is 13.7. The lowest BCUT2D eigenvalue weighted by molar-refractivity contribution is -0.0291.